The van der Waals surface area contributed by atoms with Gasteiger partial charge in [0.05, 0.1) is 6.34 Å². The Hall–Kier alpha value is -1.58. The van der Waals surface area contributed by atoms with Gasteiger partial charge in [-0.1, -0.05) is 13.8 Å². The van der Waals surface area contributed by atoms with Crippen molar-refractivity contribution in [3.8, 4) is 5.75 Å². The standard InChI is InChI=1S/C12H19N3O/c1-3-8-15(9-4-2)10-14-12-11(16)6-5-7-13-12/h5-7,10,16H,3-4,8-9H2,1-2H3. The van der Waals surface area contributed by atoms with Crippen LogP contribution in [0.4, 0.5) is 5.82 Å². The topological polar surface area (TPSA) is 48.7 Å². The first-order valence-electron chi connectivity index (χ1n) is 5.70. The van der Waals surface area contributed by atoms with E-state index >= 15 is 0 Å². The van der Waals surface area contributed by atoms with Crippen LogP contribution in [0.5, 0.6) is 5.75 Å². The second kappa shape index (κ2) is 6.82. The van der Waals surface area contributed by atoms with Crippen molar-refractivity contribution in [2.24, 2.45) is 4.99 Å². The van der Waals surface area contributed by atoms with Crippen LogP contribution >= 0.6 is 0 Å². The molecule has 0 spiro atoms. The molecule has 0 saturated heterocycles. The lowest BCUT2D eigenvalue weighted by molar-refractivity contribution is 0.428. The lowest BCUT2D eigenvalue weighted by Crippen LogP contribution is -2.23. The Morgan fingerprint density at radius 1 is 1.38 bits per heavy atom. The maximum absolute atomic E-state index is 9.49. The van der Waals surface area contributed by atoms with Gasteiger partial charge < -0.3 is 10.0 Å². The fraction of sp³-hybridized carbons (Fsp3) is 0.500. The van der Waals surface area contributed by atoms with E-state index in [1.54, 1.807) is 24.7 Å². The van der Waals surface area contributed by atoms with E-state index in [9.17, 15) is 5.11 Å². The molecule has 0 radical (unpaired) electrons. The lowest BCUT2D eigenvalue weighted by Gasteiger charge is -2.17. The van der Waals surface area contributed by atoms with Crippen molar-refractivity contribution >= 4 is 12.2 Å². The first-order chi connectivity index (χ1) is 7.77. The van der Waals surface area contributed by atoms with Gasteiger partial charge in [0, 0.05) is 19.3 Å². The van der Waals surface area contributed by atoms with E-state index < -0.39 is 0 Å². The summed E-state index contributed by atoms with van der Waals surface area (Å²) in [6, 6.07) is 3.27. The molecule has 1 N–H and O–H groups in total. The molecule has 0 aliphatic rings. The Balaban J connectivity index is 2.66. The van der Waals surface area contributed by atoms with E-state index in [1.165, 1.54) is 0 Å². The normalized spacial score (nSPS) is 10.9. The zero-order valence-corrected chi connectivity index (χ0v) is 9.93. The third kappa shape index (κ3) is 3.88. The fourth-order valence-electron chi connectivity index (χ4n) is 1.43. The molecule has 0 unspecified atom stereocenters. The Labute approximate surface area is 96.7 Å². The van der Waals surface area contributed by atoms with Crippen molar-refractivity contribution in [1.82, 2.24) is 9.88 Å². The quantitative estimate of drug-likeness (QED) is 0.593. The SMILES string of the molecule is CCCN(C=Nc1ncccc1O)CCC. The van der Waals surface area contributed by atoms with Crippen LogP contribution in [-0.2, 0) is 0 Å². The second-order valence-corrected chi connectivity index (χ2v) is 3.63. The summed E-state index contributed by atoms with van der Waals surface area (Å²) >= 11 is 0. The van der Waals surface area contributed by atoms with E-state index in [1.807, 2.05) is 0 Å². The highest BCUT2D eigenvalue weighted by atomic mass is 16.3. The van der Waals surface area contributed by atoms with Gasteiger partial charge in [0.1, 0.15) is 0 Å². The van der Waals surface area contributed by atoms with Crippen molar-refractivity contribution in [2.45, 2.75) is 26.7 Å². The van der Waals surface area contributed by atoms with Crippen molar-refractivity contribution in [3.63, 3.8) is 0 Å². The van der Waals surface area contributed by atoms with Gasteiger partial charge in [-0.05, 0) is 25.0 Å². The minimum Gasteiger partial charge on any atom is -0.504 e. The van der Waals surface area contributed by atoms with E-state index in [4.69, 9.17) is 0 Å². The highest BCUT2D eigenvalue weighted by Gasteiger charge is 1.99. The third-order valence-electron chi connectivity index (χ3n) is 2.13. The molecule has 0 amide bonds. The van der Waals surface area contributed by atoms with Crippen molar-refractivity contribution in [1.29, 1.82) is 0 Å². The lowest BCUT2D eigenvalue weighted by atomic mass is 10.4. The minimum absolute atomic E-state index is 0.117. The molecule has 4 heteroatoms. The largest absolute Gasteiger partial charge is 0.504 e. The summed E-state index contributed by atoms with van der Waals surface area (Å²) in [6.07, 6.45) is 5.55. The Morgan fingerprint density at radius 3 is 2.62 bits per heavy atom. The van der Waals surface area contributed by atoms with Crippen molar-refractivity contribution < 1.29 is 5.11 Å². The van der Waals surface area contributed by atoms with Crippen LogP contribution in [0.1, 0.15) is 26.7 Å². The summed E-state index contributed by atoms with van der Waals surface area (Å²) in [5, 5.41) is 9.49. The Bertz CT molecular complexity index is 333. The molecule has 0 saturated carbocycles. The second-order valence-electron chi connectivity index (χ2n) is 3.63. The fourth-order valence-corrected chi connectivity index (χ4v) is 1.43. The van der Waals surface area contributed by atoms with Crippen LogP contribution in [0.25, 0.3) is 0 Å². The molecule has 88 valence electrons. The molecule has 0 aliphatic heterocycles. The number of aromatic hydroxyl groups is 1. The predicted octanol–water partition coefficient (Wildman–Crippen LogP) is 2.57. The first-order valence-corrected chi connectivity index (χ1v) is 5.70. The Morgan fingerprint density at radius 2 is 2.06 bits per heavy atom. The molecule has 1 rings (SSSR count). The van der Waals surface area contributed by atoms with E-state index in [2.05, 4.69) is 28.7 Å². The summed E-state index contributed by atoms with van der Waals surface area (Å²) in [4.78, 5) is 10.3. The number of nitrogens with zero attached hydrogens (tertiary/aromatic N) is 3. The van der Waals surface area contributed by atoms with E-state index in [-0.39, 0.29) is 5.75 Å². The summed E-state index contributed by atoms with van der Waals surface area (Å²) in [6.45, 7) is 6.22. The van der Waals surface area contributed by atoms with Gasteiger partial charge in [-0.3, -0.25) is 0 Å². The van der Waals surface area contributed by atoms with E-state index in [0.717, 1.165) is 25.9 Å². The molecule has 0 atom stereocenters. The maximum atomic E-state index is 9.49. The molecule has 0 bridgehead atoms. The summed E-state index contributed by atoms with van der Waals surface area (Å²) < 4.78 is 0. The highest BCUT2D eigenvalue weighted by Crippen LogP contribution is 2.20. The summed E-state index contributed by atoms with van der Waals surface area (Å²) in [5.41, 5.74) is 0. The molecule has 1 heterocycles. The molecule has 0 fully saturated rings. The molecule has 1 aromatic heterocycles. The van der Waals surface area contributed by atoms with Gasteiger partial charge in [0.2, 0.25) is 0 Å². The predicted molar refractivity (Wildman–Crippen MR) is 66.2 cm³/mol. The summed E-state index contributed by atoms with van der Waals surface area (Å²) in [5.74, 6) is 0.492. The van der Waals surface area contributed by atoms with E-state index in [0.29, 0.717) is 5.82 Å². The first kappa shape index (κ1) is 12.5. The molecule has 0 aromatic carbocycles. The zero-order chi connectivity index (χ0) is 11.8. The van der Waals surface area contributed by atoms with Crippen LogP contribution in [0.2, 0.25) is 0 Å². The van der Waals surface area contributed by atoms with Gasteiger partial charge >= 0.3 is 0 Å². The number of pyridine rings is 1. The van der Waals surface area contributed by atoms with Crippen molar-refractivity contribution in [3.05, 3.63) is 18.3 Å². The Kier molecular flexibility index (Phi) is 5.32. The third-order valence-corrected chi connectivity index (χ3v) is 2.13. The molecule has 1 aromatic rings. The highest BCUT2D eigenvalue weighted by molar-refractivity contribution is 5.62. The maximum Gasteiger partial charge on any atom is 0.196 e. The number of hydrogen-bond donors (Lipinski definition) is 1. The molecule has 4 nitrogen and oxygen atoms in total. The van der Waals surface area contributed by atoms with Gasteiger partial charge in [0.15, 0.2) is 11.6 Å². The minimum atomic E-state index is 0.117. The average molecular weight is 221 g/mol. The number of aliphatic imine (C=N–C) groups is 1. The smallest absolute Gasteiger partial charge is 0.196 e. The van der Waals surface area contributed by atoms with Crippen LogP contribution in [-0.4, -0.2) is 34.4 Å². The van der Waals surface area contributed by atoms with Gasteiger partial charge in [0.25, 0.3) is 0 Å². The van der Waals surface area contributed by atoms with Crippen LogP contribution in [0.15, 0.2) is 23.3 Å². The monoisotopic (exact) mass is 221 g/mol. The van der Waals surface area contributed by atoms with Crippen LogP contribution in [0.3, 0.4) is 0 Å². The van der Waals surface area contributed by atoms with Crippen LogP contribution < -0.4 is 0 Å². The van der Waals surface area contributed by atoms with Gasteiger partial charge in [-0.2, -0.15) is 0 Å². The zero-order valence-electron chi connectivity index (χ0n) is 9.93. The average Bonchev–Trinajstić information content (AvgIpc) is 2.28. The number of aromatic nitrogens is 1. The van der Waals surface area contributed by atoms with Gasteiger partial charge in [-0.15, -0.1) is 0 Å². The van der Waals surface area contributed by atoms with Crippen LogP contribution in [0, 0.1) is 0 Å². The van der Waals surface area contributed by atoms with Gasteiger partial charge in [-0.25, -0.2) is 9.98 Å². The van der Waals surface area contributed by atoms with Crippen molar-refractivity contribution in [2.75, 3.05) is 13.1 Å². The molecular formula is C12H19N3O. The molecular weight excluding hydrogens is 202 g/mol. The molecule has 16 heavy (non-hydrogen) atoms. The molecule has 0 aliphatic carbocycles. The number of hydrogen-bond acceptors (Lipinski definition) is 3. The summed E-state index contributed by atoms with van der Waals surface area (Å²) in [7, 11) is 0. The number of rotatable bonds is 6.